The van der Waals surface area contributed by atoms with Gasteiger partial charge in [0, 0.05) is 9.26 Å². The summed E-state index contributed by atoms with van der Waals surface area (Å²) >= 11 is 3.33. The standard InChI is InChI=1S/C21H16IN5O2S/c1-2-17(20(28)26-13-7-5-12(22)6-8-13)30-21-15(11-24)18(16-4-3-9-29-16)14(10-23)19(25)27-21/h3-9,17H,2H2,1H3,(H2,25,27)(H,26,28). The Bertz CT molecular complexity index is 1150. The second-order valence-corrected chi connectivity index (χ2v) is 8.58. The Morgan fingerprint density at radius 1 is 1.27 bits per heavy atom. The number of pyridine rings is 1. The molecule has 1 amide bonds. The van der Waals surface area contributed by atoms with E-state index in [0.29, 0.717) is 17.9 Å². The fourth-order valence-corrected chi connectivity index (χ4v) is 4.14. The molecular weight excluding hydrogens is 513 g/mol. The van der Waals surface area contributed by atoms with Gasteiger partial charge in [-0.3, -0.25) is 4.79 Å². The van der Waals surface area contributed by atoms with Crippen LogP contribution in [-0.2, 0) is 4.79 Å². The molecule has 0 fully saturated rings. The van der Waals surface area contributed by atoms with Gasteiger partial charge in [0.15, 0.2) is 0 Å². The maximum absolute atomic E-state index is 12.8. The van der Waals surface area contributed by atoms with Crippen LogP contribution in [0.5, 0.6) is 0 Å². The van der Waals surface area contributed by atoms with Crippen LogP contribution in [0.3, 0.4) is 0 Å². The van der Waals surface area contributed by atoms with Crippen molar-refractivity contribution in [3.63, 3.8) is 0 Å². The van der Waals surface area contributed by atoms with Crippen molar-refractivity contribution in [1.29, 1.82) is 10.5 Å². The number of halogens is 1. The molecule has 0 bridgehead atoms. The summed E-state index contributed by atoms with van der Waals surface area (Å²) in [4.78, 5) is 17.1. The Balaban J connectivity index is 1.96. The third-order valence-corrected chi connectivity index (χ3v) is 6.28. The van der Waals surface area contributed by atoms with E-state index in [-0.39, 0.29) is 33.4 Å². The van der Waals surface area contributed by atoms with E-state index in [4.69, 9.17) is 10.2 Å². The van der Waals surface area contributed by atoms with Crippen LogP contribution in [0.25, 0.3) is 11.3 Å². The molecule has 2 heterocycles. The average molecular weight is 529 g/mol. The molecule has 7 nitrogen and oxygen atoms in total. The number of nitrogens with two attached hydrogens (primary N) is 1. The van der Waals surface area contributed by atoms with Gasteiger partial charge in [0.1, 0.15) is 34.3 Å². The summed E-state index contributed by atoms with van der Waals surface area (Å²) in [6.45, 7) is 1.87. The summed E-state index contributed by atoms with van der Waals surface area (Å²) in [5.41, 5.74) is 7.19. The number of benzene rings is 1. The maximum atomic E-state index is 12.8. The molecule has 3 N–H and O–H groups in total. The number of carbonyl (C=O) groups excluding carboxylic acids is 1. The number of anilines is 2. The van der Waals surface area contributed by atoms with Gasteiger partial charge in [-0.25, -0.2) is 4.98 Å². The van der Waals surface area contributed by atoms with E-state index in [1.54, 1.807) is 12.1 Å². The fourth-order valence-electron chi connectivity index (χ4n) is 2.76. The fraction of sp³-hybridized carbons (Fsp3) is 0.143. The number of nitrogens with zero attached hydrogens (tertiary/aromatic N) is 3. The minimum Gasteiger partial charge on any atom is -0.464 e. The van der Waals surface area contributed by atoms with E-state index in [1.165, 1.54) is 6.26 Å². The zero-order valence-electron chi connectivity index (χ0n) is 15.8. The highest BCUT2D eigenvalue weighted by Crippen LogP contribution is 2.37. The molecule has 0 aliphatic carbocycles. The number of furan rings is 1. The zero-order valence-corrected chi connectivity index (χ0v) is 18.8. The van der Waals surface area contributed by atoms with Crippen LogP contribution in [0.4, 0.5) is 11.5 Å². The summed E-state index contributed by atoms with van der Waals surface area (Å²) in [5.74, 6) is 0.116. The van der Waals surface area contributed by atoms with Gasteiger partial charge in [0.05, 0.1) is 22.6 Å². The molecule has 0 radical (unpaired) electrons. The van der Waals surface area contributed by atoms with Crippen molar-refractivity contribution in [1.82, 2.24) is 4.98 Å². The predicted molar refractivity (Wildman–Crippen MR) is 124 cm³/mol. The number of nitrogen functional groups attached to an aromatic ring is 1. The molecule has 1 atom stereocenters. The molecule has 9 heteroatoms. The van der Waals surface area contributed by atoms with Gasteiger partial charge in [-0.1, -0.05) is 18.7 Å². The Hall–Kier alpha value is -3.02. The van der Waals surface area contributed by atoms with E-state index < -0.39 is 5.25 Å². The SMILES string of the molecule is CCC(Sc1nc(N)c(C#N)c(-c2ccco2)c1C#N)C(=O)Nc1ccc(I)cc1. The number of hydrogen-bond donors (Lipinski definition) is 2. The highest BCUT2D eigenvalue weighted by Gasteiger charge is 2.26. The lowest BCUT2D eigenvalue weighted by Gasteiger charge is -2.17. The Morgan fingerprint density at radius 2 is 1.97 bits per heavy atom. The lowest BCUT2D eigenvalue weighted by atomic mass is 10.0. The number of carbonyl (C=O) groups is 1. The maximum Gasteiger partial charge on any atom is 0.237 e. The normalized spacial score (nSPS) is 11.3. The van der Waals surface area contributed by atoms with Crippen LogP contribution in [0.15, 0.2) is 52.1 Å². The van der Waals surface area contributed by atoms with Crippen molar-refractivity contribution in [2.45, 2.75) is 23.6 Å². The van der Waals surface area contributed by atoms with E-state index in [9.17, 15) is 15.3 Å². The number of nitriles is 2. The van der Waals surface area contributed by atoms with Crippen LogP contribution >= 0.6 is 34.4 Å². The van der Waals surface area contributed by atoms with Gasteiger partial charge in [-0.05, 0) is 65.4 Å². The second-order valence-electron chi connectivity index (χ2n) is 6.14. The summed E-state index contributed by atoms with van der Waals surface area (Å²) in [6.07, 6.45) is 1.95. The Morgan fingerprint density at radius 3 is 2.53 bits per heavy atom. The van der Waals surface area contributed by atoms with Gasteiger partial charge < -0.3 is 15.5 Å². The van der Waals surface area contributed by atoms with Crippen molar-refractivity contribution in [3.05, 3.63) is 57.4 Å². The third-order valence-electron chi connectivity index (χ3n) is 4.21. The Labute approximate surface area is 191 Å². The minimum absolute atomic E-state index is 0.0155. The van der Waals surface area contributed by atoms with Crippen molar-refractivity contribution < 1.29 is 9.21 Å². The molecule has 3 rings (SSSR count). The number of hydrogen-bond acceptors (Lipinski definition) is 7. The van der Waals surface area contributed by atoms with Crippen molar-refractivity contribution in [2.24, 2.45) is 0 Å². The molecule has 2 aromatic heterocycles. The Kier molecular flexibility index (Phi) is 6.98. The molecule has 0 saturated heterocycles. The lowest BCUT2D eigenvalue weighted by Crippen LogP contribution is -2.25. The minimum atomic E-state index is -0.513. The number of amides is 1. The third kappa shape index (κ3) is 4.58. The molecule has 1 aromatic carbocycles. The first-order valence-electron chi connectivity index (χ1n) is 8.89. The predicted octanol–water partition coefficient (Wildman–Crippen LogP) is 4.78. The number of aromatic nitrogens is 1. The molecule has 1 unspecified atom stereocenters. The quantitative estimate of drug-likeness (QED) is 0.347. The van der Waals surface area contributed by atoms with Gasteiger partial charge >= 0.3 is 0 Å². The first-order valence-corrected chi connectivity index (χ1v) is 10.8. The molecule has 150 valence electrons. The van der Waals surface area contributed by atoms with Crippen molar-refractivity contribution in [2.75, 3.05) is 11.1 Å². The molecule has 30 heavy (non-hydrogen) atoms. The van der Waals surface area contributed by atoms with Crippen molar-refractivity contribution in [3.8, 4) is 23.5 Å². The van der Waals surface area contributed by atoms with Crippen molar-refractivity contribution >= 4 is 51.8 Å². The number of thioether (sulfide) groups is 1. The number of rotatable bonds is 6. The van der Waals surface area contributed by atoms with E-state index in [0.717, 1.165) is 15.3 Å². The lowest BCUT2D eigenvalue weighted by molar-refractivity contribution is -0.115. The van der Waals surface area contributed by atoms with Crippen LogP contribution in [0.1, 0.15) is 24.5 Å². The summed E-state index contributed by atoms with van der Waals surface area (Å²) in [5, 5.41) is 22.0. The summed E-state index contributed by atoms with van der Waals surface area (Å²) in [7, 11) is 0. The molecule has 3 aromatic rings. The number of nitrogens with one attached hydrogen (secondary N) is 1. The largest absolute Gasteiger partial charge is 0.464 e. The van der Waals surface area contributed by atoms with Crippen LogP contribution in [0.2, 0.25) is 0 Å². The molecule has 0 saturated carbocycles. The van der Waals surface area contributed by atoms with E-state index >= 15 is 0 Å². The zero-order chi connectivity index (χ0) is 21.7. The van der Waals surface area contributed by atoms with Gasteiger partial charge in [-0.2, -0.15) is 10.5 Å². The smallest absolute Gasteiger partial charge is 0.237 e. The van der Waals surface area contributed by atoms with Crippen LogP contribution in [0, 0.1) is 26.2 Å². The first-order chi connectivity index (χ1) is 14.5. The van der Waals surface area contributed by atoms with Gasteiger partial charge in [0.25, 0.3) is 0 Å². The second kappa shape index (κ2) is 9.65. The molecule has 0 aliphatic heterocycles. The topological polar surface area (TPSA) is 129 Å². The molecule has 0 aliphatic rings. The first kappa shape index (κ1) is 21.7. The van der Waals surface area contributed by atoms with Gasteiger partial charge in [0.2, 0.25) is 5.91 Å². The van der Waals surface area contributed by atoms with Gasteiger partial charge in [-0.15, -0.1) is 0 Å². The van der Waals surface area contributed by atoms with E-state index in [2.05, 4.69) is 39.0 Å². The summed E-state index contributed by atoms with van der Waals surface area (Å²) < 4.78 is 6.47. The van der Waals surface area contributed by atoms with Crippen LogP contribution in [-0.4, -0.2) is 16.1 Å². The average Bonchev–Trinajstić information content (AvgIpc) is 3.27. The highest BCUT2D eigenvalue weighted by atomic mass is 127. The van der Waals surface area contributed by atoms with Crippen LogP contribution < -0.4 is 11.1 Å². The summed E-state index contributed by atoms with van der Waals surface area (Å²) in [6, 6.07) is 14.8. The molecule has 0 spiro atoms. The monoisotopic (exact) mass is 529 g/mol. The highest BCUT2D eigenvalue weighted by molar-refractivity contribution is 14.1. The molecular formula is C21H16IN5O2S. The van der Waals surface area contributed by atoms with E-state index in [1.807, 2.05) is 37.3 Å².